The van der Waals surface area contributed by atoms with Crippen LogP contribution >= 0.6 is 0 Å². The smallest absolute Gasteiger partial charge is 0.331 e. The maximum absolute atomic E-state index is 12.2. The minimum absolute atomic E-state index is 0.00705. The van der Waals surface area contributed by atoms with E-state index in [4.69, 9.17) is 9.47 Å². The van der Waals surface area contributed by atoms with Gasteiger partial charge in [-0.15, -0.1) is 0 Å². The Kier molecular flexibility index (Phi) is 7.42. The van der Waals surface area contributed by atoms with E-state index < -0.39 is 23.4 Å². The quantitative estimate of drug-likeness (QED) is 0.232. The molecule has 10 nitrogen and oxygen atoms in total. The zero-order valence-corrected chi connectivity index (χ0v) is 19.2. The molecule has 0 spiro atoms. The van der Waals surface area contributed by atoms with Crippen molar-refractivity contribution in [2.24, 2.45) is 0 Å². The molecule has 3 aromatic rings. The van der Waals surface area contributed by atoms with Gasteiger partial charge in [0.2, 0.25) is 0 Å². The fourth-order valence-electron chi connectivity index (χ4n) is 3.35. The van der Waals surface area contributed by atoms with E-state index in [0.717, 1.165) is 22.6 Å². The first-order valence-electron chi connectivity index (χ1n) is 10.3. The van der Waals surface area contributed by atoms with Crippen molar-refractivity contribution in [3.05, 3.63) is 81.2 Å². The number of rotatable bonds is 8. The van der Waals surface area contributed by atoms with E-state index in [1.165, 1.54) is 25.3 Å². The Morgan fingerprint density at radius 2 is 1.88 bits per heavy atom. The summed E-state index contributed by atoms with van der Waals surface area (Å²) in [6, 6.07) is 12.3. The van der Waals surface area contributed by atoms with Crippen molar-refractivity contribution < 1.29 is 24.0 Å². The number of ether oxygens (including phenoxy) is 2. The second-order valence-electron chi connectivity index (χ2n) is 7.42. The Morgan fingerprint density at radius 3 is 2.53 bits per heavy atom. The summed E-state index contributed by atoms with van der Waals surface area (Å²) < 4.78 is 11.8. The molecule has 10 heteroatoms. The van der Waals surface area contributed by atoms with E-state index in [1.54, 1.807) is 17.7 Å². The second-order valence-corrected chi connectivity index (χ2v) is 7.42. The van der Waals surface area contributed by atoms with Crippen LogP contribution in [0.15, 0.2) is 48.5 Å². The number of benzene rings is 2. The van der Waals surface area contributed by atoms with Gasteiger partial charge in [0.1, 0.15) is 0 Å². The highest BCUT2D eigenvalue weighted by molar-refractivity contribution is 5.95. The monoisotopic (exact) mass is 464 g/mol. The third kappa shape index (κ3) is 5.47. The Morgan fingerprint density at radius 1 is 1.18 bits per heavy atom. The molecule has 0 radical (unpaired) electrons. The topological polar surface area (TPSA) is 126 Å². The number of carbonyl (C=O) groups excluding carboxylic acids is 2. The zero-order chi connectivity index (χ0) is 24.8. The summed E-state index contributed by atoms with van der Waals surface area (Å²) in [6.45, 7) is 4.82. The van der Waals surface area contributed by atoms with Gasteiger partial charge in [-0.3, -0.25) is 14.9 Å². The minimum Gasteiger partial charge on any atom is -0.490 e. The molecule has 3 rings (SSSR count). The molecule has 0 unspecified atom stereocenters. The van der Waals surface area contributed by atoms with Crippen LogP contribution in [0.25, 0.3) is 11.8 Å². The highest BCUT2D eigenvalue weighted by Crippen LogP contribution is 2.32. The molecule has 1 amide bonds. The number of methoxy groups -OCH3 is 1. The van der Waals surface area contributed by atoms with Crippen LogP contribution in [-0.2, 0) is 14.3 Å². The highest BCUT2D eigenvalue weighted by atomic mass is 16.6. The fourth-order valence-corrected chi connectivity index (χ4v) is 3.35. The molecule has 0 aliphatic heterocycles. The normalized spacial score (nSPS) is 10.8. The van der Waals surface area contributed by atoms with Crippen molar-refractivity contribution in [1.82, 2.24) is 9.78 Å². The molecule has 176 valence electrons. The fraction of sp³-hybridized carbons (Fsp3) is 0.208. The Balaban J connectivity index is 1.62. The molecule has 34 heavy (non-hydrogen) atoms. The molecule has 1 heterocycles. The molecular weight excluding hydrogens is 440 g/mol. The summed E-state index contributed by atoms with van der Waals surface area (Å²) in [6.07, 6.45) is 2.84. The molecule has 0 atom stereocenters. The minimum atomic E-state index is -0.695. The van der Waals surface area contributed by atoms with E-state index in [1.807, 2.05) is 44.2 Å². The third-order valence-electron chi connectivity index (χ3n) is 5.08. The number of hydrogen-bond acceptors (Lipinski definition) is 7. The number of aromatic nitrogens is 2. The van der Waals surface area contributed by atoms with E-state index in [9.17, 15) is 19.7 Å². The molecule has 0 bridgehead atoms. The van der Waals surface area contributed by atoms with E-state index in [-0.39, 0.29) is 11.4 Å². The van der Waals surface area contributed by atoms with Crippen LogP contribution in [0, 0.1) is 30.9 Å². The predicted molar refractivity (Wildman–Crippen MR) is 126 cm³/mol. The lowest BCUT2D eigenvalue weighted by atomic mass is 10.1. The first-order valence-corrected chi connectivity index (χ1v) is 10.3. The van der Waals surface area contributed by atoms with Crippen LogP contribution in [0.4, 0.5) is 11.4 Å². The van der Waals surface area contributed by atoms with Gasteiger partial charge in [0.05, 0.1) is 23.4 Å². The predicted octanol–water partition coefficient (Wildman–Crippen LogP) is 3.91. The van der Waals surface area contributed by atoms with Crippen LogP contribution in [0.3, 0.4) is 0 Å². The first-order chi connectivity index (χ1) is 16.2. The summed E-state index contributed by atoms with van der Waals surface area (Å²) >= 11 is 0. The van der Waals surface area contributed by atoms with Crippen LogP contribution in [0.5, 0.6) is 5.75 Å². The molecule has 0 aliphatic rings. The average molecular weight is 464 g/mol. The number of nitro benzene ring substituents is 1. The Hall–Kier alpha value is -4.47. The number of nitro groups is 1. The van der Waals surface area contributed by atoms with Crippen molar-refractivity contribution in [2.45, 2.75) is 20.8 Å². The van der Waals surface area contributed by atoms with Gasteiger partial charge in [-0.05, 0) is 44.5 Å². The van der Waals surface area contributed by atoms with Crippen LogP contribution < -0.4 is 10.1 Å². The van der Waals surface area contributed by atoms with E-state index >= 15 is 0 Å². The van der Waals surface area contributed by atoms with Crippen molar-refractivity contribution in [2.75, 3.05) is 19.0 Å². The number of esters is 1. The van der Waals surface area contributed by atoms with Crippen LogP contribution in [0.1, 0.15) is 22.5 Å². The molecule has 0 saturated heterocycles. The molecule has 0 saturated carbocycles. The molecule has 0 fully saturated rings. The number of anilines is 1. The maximum atomic E-state index is 12.2. The SMILES string of the molecule is COc1cc(NC(=O)COC(=O)C=Cc2c(C)nn(-c3ccccc3)c2C)c(C)cc1[N+](=O)[O-]. The summed E-state index contributed by atoms with van der Waals surface area (Å²) in [5.74, 6) is -1.28. The van der Waals surface area contributed by atoms with Crippen molar-refractivity contribution in [3.63, 3.8) is 0 Å². The standard InChI is InChI=1S/C24H24N4O6/c1-15-12-21(28(31)32)22(33-4)13-20(15)25-23(29)14-34-24(30)11-10-19-16(2)26-27(17(19)3)18-8-6-5-7-9-18/h5-13H,14H2,1-4H3,(H,25,29). The number of nitrogens with one attached hydrogen (secondary N) is 1. The first kappa shape index (κ1) is 24.2. The summed E-state index contributed by atoms with van der Waals surface area (Å²) in [5, 5.41) is 18.2. The molecular formula is C24H24N4O6. The Labute approximate surface area is 196 Å². The lowest BCUT2D eigenvalue weighted by Crippen LogP contribution is -2.20. The van der Waals surface area contributed by atoms with Gasteiger partial charge in [-0.2, -0.15) is 5.10 Å². The van der Waals surface area contributed by atoms with Gasteiger partial charge in [0, 0.05) is 35.2 Å². The number of carbonyl (C=O) groups is 2. The maximum Gasteiger partial charge on any atom is 0.331 e. The van der Waals surface area contributed by atoms with Gasteiger partial charge in [0.25, 0.3) is 5.91 Å². The number of para-hydroxylation sites is 1. The van der Waals surface area contributed by atoms with Gasteiger partial charge in [-0.25, -0.2) is 9.48 Å². The van der Waals surface area contributed by atoms with Gasteiger partial charge in [0.15, 0.2) is 12.4 Å². The summed E-state index contributed by atoms with van der Waals surface area (Å²) in [5.41, 5.74) is 3.85. The van der Waals surface area contributed by atoms with Crippen molar-refractivity contribution in [1.29, 1.82) is 0 Å². The molecule has 0 aliphatic carbocycles. The number of nitrogens with zero attached hydrogens (tertiary/aromatic N) is 3. The Bertz CT molecular complexity index is 1260. The lowest BCUT2D eigenvalue weighted by molar-refractivity contribution is -0.385. The summed E-state index contributed by atoms with van der Waals surface area (Å²) in [7, 11) is 1.30. The van der Waals surface area contributed by atoms with Gasteiger partial charge >= 0.3 is 11.7 Å². The second kappa shape index (κ2) is 10.4. The van der Waals surface area contributed by atoms with E-state index in [2.05, 4.69) is 10.4 Å². The average Bonchev–Trinajstić information content (AvgIpc) is 3.10. The summed E-state index contributed by atoms with van der Waals surface area (Å²) in [4.78, 5) is 34.9. The number of amides is 1. The van der Waals surface area contributed by atoms with Crippen LogP contribution in [-0.4, -0.2) is 40.3 Å². The van der Waals surface area contributed by atoms with Crippen LogP contribution in [0.2, 0.25) is 0 Å². The molecule has 1 aromatic heterocycles. The molecule has 1 N–H and O–H groups in total. The molecule has 2 aromatic carbocycles. The third-order valence-corrected chi connectivity index (χ3v) is 5.08. The van der Waals surface area contributed by atoms with Crippen molar-refractivity contribution >= 4 is 29.3 Å². The number of aryl methyl sites for hydroxylation is 2. The lowest BCUT2D eigenvalue weighted by Gasteiger charge is -2.10. The van der Waals surface area contributed by atoms with E-state index in [0.29, 0.717) is 11.3 Å². The van der Waals surface area contributed by atoms with Crippen molar-refractivity contribution in [3.8, 4) is 11.4 Å². The van der Waals surface area contributed by atoms with Gasteiger partial charge in [-0.1, -0.05) is 18.2 Å². The highest BCUT2D eigenvalue weighted by Gasteiger charge is 2.18. The van der Waals surface area contributed by atoms with Gasteiger partial charge < -0.3 is 14.8 Å². The number of hydrogen-bond donors (Lipinski definition) is 1. The zero-order valence-electron chi connectivity index (χ0n) is 19.2. The largest absolute Gasteiger partial charge is 0.490 e.